The van der Waals surface area contributed by atoms with E-state index < -0.39 is 11.6 Å². The van der Waals surface area contributed by atoms with E-state index in [0.717, 1.165) is 32.0 Å². The van der Waals surface area contributed by atoms with E-state index in [0.29, 0.717) is 59.9 Å². The molecule has 5 rings (SSSR count). The van der Waals surface area contributed by atoms with Crippen LogP contribution in [0.1, 0.15) is 12.8 Å². The Hall–Kier alpha value is -2.89. The summed E-state index contributed by atoms with van der Waals surface area (Å²) in [4.78, 5) is 27.4. The van der Waals surface area contributed by atoms with Crippen LogP contribution in [0.4, 0.5) is 20.5 Å². The largest absolute Gasteiger partial charge is 0.378 e. The average Bonchev–Trinajstić information content (AvgIpc) is 3.29. The molecule has 0 bridgehead atoms. The van der Waals surface area contributed by atoms with Crippen molar-refractivity contribution in [2.45, 2.75) is 18.9 Å². The van der Waals surface area contributed by atoms with E-state index in [1.165, 1.54) is 23.5 Å². The quantitative estimate of drug-likeness (QED) is 0.523. The number of anilines is 2. The molecular formula is C22H24F2N6O2S. The molecule has 2 aliphatic rings. The van der Waals surface area contributed by atoms with Gasteiger partial charge < -0.3 is 20.3 Å². The fourth-order valence-electron chi connectivity index (χ4n) is 4.08. The predicted octanol–water partition coefficient (Wildman–Crippen LogP) is 2.84. The van der Waals surface area contributed by atoms with Crippen molar-refractivity contribution in [2.75, 3.05) is 49.6 Å². The van der Waals surface area contributed by atoms with Crippen molar-refractivity contribution < 1.29 is 13.5 Å². The Balaban J connectivity index is 1.54. The number of halogens is 2. The van der Waals surface area contributed by atoms with Crippen molar-refractivity contribution >= 4 is 23.1 Å². The summed E-state index contributed by atoms with van der Waals surface area (Å²) in [6.45, 7) is 4.15. The first kappa shape index (κ1) is 21.9. The molecule has 4 heterocycles. The highest BCUT2D eigenvalue weighted by molar-refractivity contribution is 7.13. The van der Waals surface area contributed by atoms with E-state index in [1.807, 2.05) is 4.90 Å². The minimum Gasteiger partial charge on any atom is -0.378 e. The van der Waals surface area contributed by atoms with Gasteiger partial charge in [-0.2, -0.15) is 4.98 Å². The van der Waals surface area contributed by atoms with Gasteiger partial charge in [0.2, 0.25) is 5.95 Å². The maximum Gasteiger partial charge on any atom is 0.264 e. The van der Waals surface area contributed by atoms with Gasteiger partial charge in [-0.15, -0.1) is 11.3 Å². The second-order valence-corrected chi connectivity index (χ2v) is 8.95. The van der Waals surface area contributed by atoms with Crippen LogP contribution < -0.4 is 21.1 Å². The van der Waals surface area contributed by atoms with E-state index in [-0.39, 0.29) is 11.6 Å². The molecule has 3 aromatic rings. The van der Waals surface area contributed by atoms with Crippen molar-refractivity contribution in [3.05, 3.63) is 45.6 Å². The molecular weight excluding hydrogens is 450 g/mol. The first-order valence-corrected chi connectivity index (χ1v) is 11.8. The van der Waals surface area contributed by atoms with Gasteiger partial charge in [-0.1, -0.05) is 0 Å². The monoisotopic (exact) mass is 474 g/mol. The van der Waals surface area contributed by atoms with E-state index in [2.05, 4.69) is 20.6 Å². The Morgan fingerprint density at radius 2 is 1.94 bits per heavy atom. The van der Waals surface area contributed by atoms with Gasteiger partial charge in [-0.05, 0) is 31.5 Å². The lowest BCUT2D eigenvalue weighted by atomic mass is 10.1. The third kappa shape index (κ3) is 4.90. The maximum absolute atomic E-state index is 13.7. The van der Waals surface area contributed by atoms with Crippen molar-refractivity contribution in [1.29, 1.82) is 0 Å². The number of ether oxygens (including phenoxy) is 1. The van der Waals surface area contributed by atoms with E-state index >= 15 is 0 Å². The molecule has 2 saturated heterocycles. The summed E-state index contributed by atoms with van der Waals surface area (Å²) in [5.41, 5.74) is 0.723. The van der Waals surface area contributed by atoms with Gasteiger partial charge in [0.25, 0.3) is 5.56 Å². The van der Waals surface area contributed by atoms with Crippen molar-refractivity contribution in [3.8, 4) is 21.8 Å². The number of aromatic amines is 1. The molecule has 3 N–H and O–H groups in total. The minimum absolute atomic E-state index is 0.126. The van der Waals surface area contributed by atoms with Crippen molar-refractivity contribution in [3.63, 3.8) is 0 Å². The topological polar surface area (TPSA) is 95.2 Å². The Morgan fingerprint density at radius 3 is 2.67 bits per heavy atom. The Labute approximate surface area is 193 Å². The number of aromatic nitrogens is 3. The van der Waals surface area contributed by atoms with Crippen LogP contribution in [-0.2, 0) is 4.74 Å². The molecule has 33 heavy (non-hydrogen) atoms. The summed E-state index contributed by atoms with van der Waals surface area (Å²) in [5, 5.41) is 8.91. The summed E-state index contributed by atoms with van der Waals surface area (Å²) < 4.78 is 32.8. The van der Waals surface area contributed by atoms with Crippen LogP contribution in [0.15, 0.2) is 28.4 Å². The Kier molecular flexibility index (Phi) is 6.34. The van der Waals surface area contributed by atoms with Crippen LogP contribution in [0.5, 0.6) is 0 Å². The molecule has 0 unspecified atom stereocenters. The summed E-state index contributed by atoms with van der Waals surface area (Å²) >= 11 is 1.24. The molecule has 0 amide bonds. The fraction of sp³-hybridized carbons (Fsp3) is 0.409. The number of rotatable bonds is 5. The van der Waals surface area contributed by atoms with Gasteiger partial charge in [-0.3, -0.25) is 9.78 Å². The number of nitrogens with zero attached hydrogens (tertiary/aromatic N) is 3. The second kappa shape index (κ2) is 9.54. The van der Waals surface area contributed by atoms with Crippen molar-refractivity contribution in [1.82, 2.24) is 20.3 Å². The van der Waals surface area contributed by atoms with Crippen LogP contribution in [0.3, 0.4) is 0 Å². The number of piperidine rings is 1. The standard InChI is InChI=1S/C22H24F2N6O2S/c23-14-8-13(9-15(24)10-14)17-12-33-21(27-17)18-19(26-16-2-1-3-25-11-16)28-22(29-20(18)31)30-4-6-32-7-5-30/h8-10,12,16,25H,1-7,11H2,(H2,26,28,29,31)/t16-/m1/s1. The van der Waals surface area contributed by atoms with Crippen LogP contribution in [0.25, 0.3) is 21.8 Å². The number of thiazole rings is 1. The lowest BCUT2D eigenvalue weighted by molar-refractivity contribution is 0.122. The first-order valence-electron chi connectivity index (χ1n) is 10.9. The van der Waals surface area contributed by atoms with Crippen molar-refractivity contribution in [2.24, 2.45) is 0 Å². The average molecular weight is 475 g/mol. The zero-order valence-electron chi connectivity index (χ0n) is 17.9. The number of H-pyrrole nitrogens is 1. The summed E-state index contributed by atoms with van der Waals surface area (Å²) in [6.07, 6.45) is 1.98. The van der Waals surface area contributed by atoms with Crippen LogP contribution in [-0.4, -0.2) is 60.4 Å². The summed E-state index contributed by atoms with van der Waals surface area (Å²) in [5.74, 6) is -0.412. The molecule has 8 nitrogen and oxygen atoms in total. The lowest BCUT2D eigenvalue weighted by Crippen LogP contribution is -2.40. The highest BCUT2D eigenvalue weighted by Gasteiger charge is 2.23. The molecule has 0 spiro atoms. The van der Waals surface area contributed by atoms with Gasteiger partial charge in [0, 0.05) is 42.7 Å². The maximum atomic E-state index is 13.7. The normalized spacial score (nSPS) is 19.0. The fourth-order valence-corrected chi connectivity index (χ4v) is 4.95. The van der Waals surface area contributed by atoms with E-state index in [9.17, 15) is 13.6 Å². The number of nitrogens with one attached hydrogen (secondary N) is 3. The Bertz CT molecular complexity index is 1170. The first-order chi connectivity index (χ1) is 16.1. The highest BCUT2D eigenvalue weighted by Crippen LogP contribution is 2.32. The van der Waals surface area contributed by atoms with Crippen LogP contribution >= 0.6 is 11.3 Å². The molecule has 1 atom stereocenters. The molecule has 11 heteroatoms. The summed E-state index contributed by atoms with van der Waals surface area (Å²) in [7, 11) is 0. The highest BCUT2D eigenvalue weighted by atomic mass is 32.1. The zero-order chi connectivity index (χ0) is 22.8. The molecule has 2 aromatic heterocycles. The van der Waals surface area contributed by atoms with Gasteiger partial charge in [0.15, 0.2) is 0 Å². The number of hydrogen-bond donors (Lipinski definition) is 3. The van der Waals surface area contributed by atoms with Crippen LogP contribution in [0.2, 0.25) is 0 Å². The zero-order valence-corrected chi connectivity index (χ0v) is 18.7. The van der Waals surface area contributed by atoms with Gasteiger partial charge in [-0.25, -0.2) is 13.8 Å². The molecule has 2 aliphatic heterocycles. The number of benzene rings is 1. The third-order valence-electron chi connectivity index (χ3n) is 5.73. The van der Waals surface area contributed by atoms with Gasteiger partial charge in [0.05, 0.1) is 18.9 Å². The number of morpholine rings is 1. The van der Waals surface area contributed by atoms with E-state index in [1.54, 1.807) is 5.38 Å². The number of hydrogen-bond acceptors (Lipinski definition) is 8. The third-order valence-corrected chi connectivity index (χ3v) is 6.59. The Morgan fingerprint density at radius 1 is 1.15 bits per heavy atom. The van der Waals surface area contributed by atoms with Crippen LogP contribution in [0, 0.1) is 11.6 Å². The summed E-state index contributed by atoms with van der Waals surface area (Å²) in [6, 6.07) is 3.38. The molecule has 2 fully saturated rings. The molecule has 0 aliphatic carbocycles. The lowest BCUT2D eigenvalue weighted by Gasteiger charge is -2.29. The van der Waals surface area contributed by atoms with E-state index in [4.69, 9.17) is 9.72 Å². The molecule has 1 aromatic carbocycles. The molecule has 174 valence electrons. The molecule has 0 saturated carbocycles. The van der Waals surface area contributed by atoms with Gasteiger partial charge in [0.1, 0.15) is 28.0 Å². The van der Waals surface area contributed by atoms with Gasteiger partial charge >= 0.3 is 0 Å². The predicted molar refractivity (Wildman–Crippen MR) is 124 cm³/mol. The molecule has 0 radical (unpaired) electrons. The smallest absolute Gasteiger partial charge is 0.264 e. The SMILES string of the molecule is O=c1[nH]c(N2CCOCC2)nc(N[C@@H]2CCCNC2)c1-c1nc(-c2cc(F)cc(F)c2)cs1. The minimum atomic E-state index is -0.680. The second-order valence-electron chi connectivity index (χ2n) is 8.10.